The van der Waals surface area contributed by atoms with Crippen LogP contribution < -0.4 is 20.3 Å². The molecule has 2 heterocycles. The first kappa shape index (κ1) is 26.5. The van der Waals surface area contributed by atoms with Gasteiger partial charge in [0.25, 0.3) is 0 Å². The molecule has 0 amide bonds. The molecule has 2 aromatic rings. The van der Waals surface area contributed by atoms with Crippen LogP contribution in [0.2, 0.25) is 5.02 Å². The van der Waals surface area contributed by atoms with Crippen LogP contribution in [0, 0.1) is 0 Å². The van der Waals surface area contributed by atoms with Gasteiger partial charge in [0.15, 0.2) is 5.96 Å². The molecule has 1 aromatic carbocycles. The topological polar surface area (TPSA) is 70.0 Å². The fourth-order valence-corrected chi connectivity index (χ4v) is 4.04. The molecule has 10 heteroatoms. The molecule has 1 saturated heterocycles. The molecule has 0 aliphatic carbocycles. The van der Waals surface area contributed by atoms with Crippen LogP contribution in [-0.2, 0) is 7.05 Å². The highest BCUT2D eigenvalue weighted by Crippen LogP contribution is 2.33. The predicted octanol–water partition coefficient (Wildman–Crippen LogP) is 3.14. The minimum absolute atomic E-state index is 0. The summed E-state index contributed by atoms with van der Waals surface area (Å²) in [4.78, 5) is 9.36. The molecule has 0 bridgehead atoms. The SMILES string of the molecule is CCNC(=NCC(c1cnn(C)c1)N(C)C)NC1CCN(c2cc(Cl)ccc2OC)C1.I. The van der Waals surface area contributed by atoms with Crippen molar-refractivity contribution in [1.29, 1.82) is 0 Å². The van der Waals surface area contributed by atoms with E-state index in [9.17, 15) is 0 Å². The lowest BCUT2D eigenvalue weighted by atomic mass is 10.1. The van der Waals surface area contributed by atoms with Crippen molar-refractivity contribution in [2.24, 2.45) is 12.0 Å². The Bertz CT molecular complexity index is 889. The summed E-state index contributed by atoms with van der Waals surface area (Å²) in [6, 6.07) is 6.20. The number of hydrogen-bond acceptors (Lipinski definition) is 5. The van der Waals surface area contributed by atoms with Crippen LogP contribution in [0.5, 0.6) is 5.75 Å². The standard InChI is InChI=1S/C22H34ClN7O.HI/c1-6-24-22(25-13-20(28(2)3)16-12-26-29(4)14-16)27-18-9-10-30(15-18)19-11-17(23)7-8-21(19)31-5;/h7-8,11-12,14,18,20H,6,9-10,13,15H2,1-5H3,(H2,24,25,27);1H. The molecule has 1 aromatic heterocycles. The molecule has 32 heavy (non-hydrogen) atoms. The van der Waals surface area contributed by atoms with Crippen LogP contribution in [0.25, 0.3) is 0 Å². The summed E-state index contributed by atoms with van der Waals surface area (Å²) >= 11 is 6.23. The van der Waals surface area contributed by atoms with Gasteiger partial charge in [0, 0.05) is 49.5 Å². The largest absolute Gasteiger partial charge is 0.495 e. The maximum absolute atomic E-state index is 6.23. The first-order valence-corrected chi connectivity index (χ1v) is 11.1. The number of anilines is 1. The molecule has 2 unspecified atom stereocenters. The van der Waals surface area contributed by atoms with Crippen LogP contribution in [0.1, 0.15) is 24.9 Å². The van der Waals surface area contributed by atoms with Crippen LogP contribution in [0.15, 0.2) is 35.6 Å². The van der Waals surface area contributed by atoms with Gasteiger partial charge in [-0.2, -0.15) is 5.10 Å². The molecule has 1 aliphatic heterocycles. The quantitative estimate of drug-likeness (QED) is 0.286. The van der Waals surface area contributed by atoms with E-state index >= 15 is 0 Å². The smallest absolute Gasteiger partial charge is 0.191 e. The Balaban J connectivity index is 0.00000363. The van der Waals surface area contributed by atoms with Gasteiger partial charge in [-0.05, 0) is 45.6 Å². The molecule has 3 rings (SSSR count). The van der Waals surface area contributed by atoms with E-state index < -0.39 is 0 Å². The van der Waals surface area contributed by atoms with Crippen molar-refractivity contribution in [1.82, 2.24) is 25.3 Å². The Morgan fingerprint density at radius 2 is 2.19 bits per heavy atom. The van der Waals surface area contributed by atoms with Crippen molar-refractivity contribution in [3.8, 4) is 5.75 Å². The van der Waals surface area contributed by atoms with Crippen molar-refractivity contribution < 1.29 is 4.74 Å². The van der Waals surface area contributed by atoms with Gasteiger partial charge in [-0.3, -0.25) is 9.67 Å². The summed E-state index contributed by atoms with van der Waals surface area (Å²) in [5, 5.41) is 12.0. The van der Waals surface area contributed by atoms with Crippen molar-refractivity contribution in [2.75, 3.05) is 52.3 Å². The van der Waals surface area contributed by atoms with Crippen molar-refractivity contribution in [3.05, 3.63) is 41.2 Å². The average molecular weight is 576 g/mol. The molecule has 2 atom stereocenters. The monoisotopic (exact) mass is 575 g/mol. The van der Waals surface area contributed by atoms with Gasteiger partial charge in [-0.1, -0.05) is 11.6 Å². The van der Waals surface area contributed by atoms with Gasteiger partial charge in [-0.25, -0.2) is 0 Å². The zero-order valence-electron chi connectivity index (χ0n) is 19.5. The summed E-state index contributed by atoms with van der Waals surface area (Å²) in [5.41, 5.74) is 2.19. The molecule has 0 saturated carbocycles. The van der Waals surface area contributed by atoms with E-state index in [2.05, 4.69) is 46.6 Å². The molecule has 2 N–H and O–H groups in total. The van der Waals surface area contributed by atoms with E-state index in [1.807, 2.05) is 42.3 Å². The first-order valence-electron chi connectivity index (χ1n) is 10.7. The Labute approximate surface area is 213 Å². The summed E-state index contributed by atoms with van der Waals surface area (Å²) in [6.07, 6.45) is 4.97. The van der Waals surface area contributed by atoms with E-state index in [1.54, 1.807) is 7.11 Å². The van der Waals surface area contributed by atoms with Gasteiger partial charge in [0.2, 0.25) is 0 Å². The average Bonchev–Trinajstić information content (AvgIpc) is 3.37. The fraction of sp³-hybridized carbons (Fsp3) is 0.545. The minimum Gasteiger partial charge on any atom is -0.495 e. The van der Waals surface area contributed by atoms with Crippen LogP contribution in [-0.4, -0.2) is 74.1 Å². The number of aryl methyl sites for hydroxylation is 1. The van der Waals surface area contributed by atoms with Crippen LogP contribution in [0.4, 0.5) is 5.69 Å². The summed E-state index contributed by atoms with van der Waals surface area (Å²) in [7, 11) is 7.77. The first-order chi connectivity index (χ1) is 14.9. The minimum atomic E-state index is 0. The molecule has 1 aliphatic rings. The number of halogens is 2. The maximum atomic E-state index is 6.23. The molecule has 0 radical (unpaired) electrons. The zero-order valence-corrected chi connectivity index (χ0v) is 22.6. The second-order valence-corrected chi connectivity index (χ2v) is 8.47. The lowest BCUT2D eigenvalue weighted by Gasteiger charge is -2.24. The van der Waals surface area contributed by atoms with E-state index in [1.165, 1.54) is 0 Å². The Morgan fingerprint density at radius 3 is 2.81 bits per heavy atom. The van der Waals surface area contributed by atoms with E-state index in [4.69, 9.17) is 21.3 Å². The summed E-state index contributed by atoms with van der Waals surface area (Å²) in [6.45, 7) is 5.33. The zero-order chi connectivity index (χ0) is 22.4. The van der Waals surface area contributed by atoms with E-state index in [0.29, 0.717) is 11.6 Å². The predicted molar refractivity (Wildman–Crippen MR) is 143 cm³/mol. The fourth-order valence-electron chi connectivity index (χ4n) is 3.88. The molecule has 178 valence electrons. The van der Waals surface area contributed by atoms with Crippen molar-refractivity contribution >= 4 is 47.2 Å². The molecular formula is C22H35ClIN7O. The Morgan fingerprint density at radius 1 is 1.41 bits per heavy atom. The van der Waals surface area contributed by atoms with Gasteiger partial charge >= 0.3 is 0 Å². The van der Waals surface area contributed by atoms with Gasteiger partial charge in [0.05, 0.1) is 31.6 Å². The van der Waals surface area contributed by atoms with Gasteiger partial charge in [-0.15, -0.1) is 24.0 Å². The Hall–Kier alpha value is -1.72. The van der Waals surface area contributed by atoms with Gasteiger partial charge < -0.3 is 25.2 Å². The van der Waals surface area contributed by atoms with Gasteiger partial charge in [0.1, 0.15) is 5.75 Å². The number of hydrogen-bond donors (Lipinski definition) is 2. The number of nitrogens with one attached hydrogen (secondary N) is 2. The summed E-state index contributed by atoms with van der Waals surface area (Å²) < 4.78 is 7.36. The number of aliphatic imine (C=N–C) groups is 1. The Kier molecular flexibility index (Phi) is 10.4. The van der Waals surface area contributed by atoms with E-state index in [0.717, 1.165) is 49.0 Å². The number of nitrogens with zero attached hydrogens (tertiary/aromatic N) is 5. The second kappa shape index (κ2) is 12.5. The number of likely N-dealkylation sites (N-methyl/N-ethyl adjacent to an activating group) is 1. The van der Waals surface area contributed by atoms with Crippen LogP contribution in [0.3, 0.4) is 0 Å². The number of methoxy groups -OCH3 is 1. The number of rotatable bonds is 8. The van der Waals surface area contributed by atoms with Crippen LogP contribution >= 0.6 is 35.6 Å². The highest BCUT2D eigenvalue weighted by atomic mass is 127. The third-order valence-corrected chi connectivity index (χ3v) is 5.75. The number of ether oxygens (including phenoxy) is 1. The molecular weight excluding hydrogens is 541 g/mol. The number of guanidine groups is 1. The van der Waals surface area contributed by atoms with Crippen molar-refractivity contribution in [3.63, 3.8) is 0 Å². The lowest BCUT2D eigenvalue weighted by molar-refractivity contribution is 0.306. The lowest BCUT2D eigenvalue weighted by Crippen LogP contribution is -2.45. The normalized spacial score (nSPS) is 17.3. The molecule has 8 nitrogen and oxygen atoms in total. The molecule has 0 spiro atoms. The highest BCUT2D eigenvalue weighted by Gasteiger charge is 2.26. The number of aromatic nitrogens is 2. The third kappa shape index (κ3) is 6.89. The van der Waals surface area contributed by atoms with Crippen molar-refractivity contribution in [2.45, 2.75) is 25.4 Å². The second-order valence-electron chi connectivity index (χ2n) is 8.04. The summed E-state index contributed by atoms with van der Waals surface area (Å²) in [5.74, 6) is 1.68. The van der Waals surface area contributed by atoms with E-state index in [-0.39, 0.29) is 36.1 Å². The number of benzene rings is 1. The highest BCUT2D eigenvalue weighted by molar-refractivity contribution is 14.0. The maximum Gasteiger partial charge on any atom is 0.191 e. The third-order valence-electron chi connectivity index (χ3n) is 5.51. The molecule has 1 fully saturated rings.